The minimum absolute atomic E-state index is 0.200. The Labute approximate surface area is 136 Å². The zero-order valence-corrected chi connectivity index (χ0v) is 12.7. The number of carbonyl (C=O) groups excluding carboxylic acids is 1. The summed E-state index contributed by atoms with van der Waals surface area (Å²) in [4.78, 5) is 12.1. The van der Waals surface area contributed by atoms with Crippen molar-refractivity contribution in [1.82, 2.24) is 5.43 Å². The van der Waals surface area contributed by atoms with Crippen LogP contribution in [0.4, 0.5) is 0 Å². The number of oxime groups is 1. The molecule has 2 aromatic rings. The lowest BCUT2D eigenvalue weighted by atomic mass is 10.1. The Hall–Kier alpha value is -2.37. The van der Waals surface area contributed by atoms with Crippen LogP contribution < -0.4 is 5.43 Å². The molecule has 0 fully saturated rings. The third-order valence-corrected chi connectivity index (χ3v) is 3.27. The number of hydrazone groups is 1. The second-order valence-corrected chi connectivity index (χ2v) is 5.02. The van der Waals surface area contributed by atoms with Gasteiger partial charge in [0.15, 0.2) is 0 Å². The van der Waals surface area contributed by atoms with Crippen LogP contribution in [0, 0.1) is 0 Å². The first-order valence-corrected chi connectivity index (χ1v) is 6.93. The Bertz CT molecular complexity index is 731. The van der Waals surface area contributed by atoms with Crippen molar-refractivity contribution >= 4 is 41.0 Å². The fourth-order valence-electron chi connectivity index (χ4n) is 1.67. The van der Waals surface area contributed by atoms with Gasteiger partial charge in [-0.2, -0.15) is 5.10 Å². The van der Waals surface area contributed by atoms with E-state index >= 15 is 0 Å². The summed E-state index contributed by atoms with van der Waals surface area (Å²) in [6.45, 7) is 0. The van der Waals surface area contributed by atoms with Gasteiger partial charge in [0.2, 0.25) is 0 Å². The van der Waals surface area contributed by atoms with Crippen molar-refractivity contribution in [3.8, 4) is 0 Å². The van der Waals surface area contributed by atoms with Crippen LogP contribution in [-0.2, 0) is 0 Å². The van der Waals surface area contributed by atoms with Crippen molar-refractivity contribution in [1.29, 1.82) is 0 Å². The van der Waals surface area contributed by atoms with Gasteiger partial charge >= 0.3 is 0 Å². The second kappa shape index (κ2) is 7.59. The summed E-state index contributed by atoms with van der Waals surface area (Å²) >= 11 is 11.8. The lowest BCUT2D eigenvalue weighted by molar-refractivity contribution is 0.0955. The van der Waals surface area contributed by atoms with Gasteiger partial charge in [0.25, 0.3) is 5.91 Å². The highest BCUT2D eigenvalue weighted by molar-refractivity contribution is 6.38. The number of nitrogens with one attached hydrogen (secondary N) is 1. The molecule has 0 aromatic heterocycles. The van der Waals surface area contributed by atoms with E-state index < -0.39 is 5.91 Å². The first-order valence-electron chi connectivity index (χ1n) is 6.17. The second-order valence-electron chi connectivity index (χ2n) is 4.17. The summed E-state index contributed by atoms with van der Waals surface area (Å²) < 4.78 is 0. The zero-order chi connectivity index (χ0) is 15.9. The Morgan fingerprint density at radius 3 is 2.55 bits per heavy atom. The van der Waals surface area contributed by atoms with Gasteiger partial charge in [-0.05, 0) is 18.2 Å². The molecule has 2 N–H and O–H groups in total. The molecule has 2 aromatic carbocycles. The standard InChI is InChI=1S/C15H11Cl2N3O2/c16-11-6-7-13(17)12(8-11)15(21)20-19-14(9-18-22)10-4-2-1-3-5-10/h1-9,22H,(H,20,21). The van der Waals surface area contributed by atoms with E-state index in [-0.39, 0.29) is 16.3 Å². The molecule has 7 heteroatoms. The van der Waals surface area contributed by atoms with Crippen molar-refractivity contribution in [3.05, 3.63) is 69.7 Å². The van der Waals surface area contributed by atoms with E-state index in [0.717, 1.165) is 6.21 Å². The quantitative estimate of drug-likeness (QED) is 0.509. The van der Waals surface area contributed by atoms with Crippen LogP contribution in [0.3, 0.4) is 0 Å². The third-order valence-electron chi connectivity index (χ3n) is 2.70. The monoisotopic (exact) mass is 335 g/mol. The molecule has 1 amide bonds. The topological polar surface area (TPSA) is 74.0 Å². The van der Waals surface area contributed by atoms with E-state index in [9.17, 15) is 4.79 Å². The fraction of sp³-hybridized carbons (Fsp3) is 0. The molecule has 2 rings (SSSR count). The molecule has 0 spiro atoms. The van der Waals surface area contributed by atoms with Crippen LogP contribution in [0.25, 0.3) is 0 Å². The maximum Gasteiger partial charge on any atom is 0.272 e. The largest absolute Gasteiger partial charge is 0.411 e. The van der Waals surface area contributed by atoms with Crippen LogP contribution in [0.1, 0.15) is 15.9 Å². The lowest BCUT2D eigenvalue weighted by Crippen LogP contribution is -2.21. The van der Waals surface area contributed by atoms with Crippen molar-refractivity contribution in [2.45, 2.75) is 0 Å². The maximum absolute atomic E-state index is 12.1. The van der Waals surface area contributed by atoms with Gasteiger partial charge in [-0.1, -0.05) is 58.7 Å². The summed E-state index contributed by atoms with van der Waals surface area (Å²) in [7, 11) is 0. The minimum Gasteiger partial charge on any atom is -0.411 e. The Morgan fingerprint density at radius 1 is 1.14 bits per heavy atom. The average molecular weight is 336 g/mol. The van der Waals surface area contributed by atoms with E-state index in [2.05, 4.69) is 15.7 Å². The Balaban J connectivity index is 2.24. The summed E-state index contributed by atoms with van der Waals surface area (Å²) in [6, 6.07) is 13.5. The van der Waals surface area contributed by atoms with Gasteiger partial charge in [0.1, 0.15) is 5.71 Å². The molecule has 22 heavy (non-hydrogen) atoms. The molecule has 0 aliphatic heterocycles. The molecule has 5 nitrogen and oxygen atoms in total. The van der Waals surface area contributed by atoms with E-state index in [4.69, 9.17) is 28.4 Å². The van der Waals surface area contributed by atoms with Gasteiger partial charge in [-0.25, -0.2) is 5.43 Å². The Morgan fingerprint density at radius 2 is 1.86 bits per heavy atom. The highest BCUT2D eigenvalue weighted by Crippen LogP contribution is 2.20. The minimum atomic E-state index is -0.521. The number of carbonyl (C=O) groups is 1. The van der Waals surface area contributed by atoms with Crippen LogP contribution >= 0.6 is 23.2 Å². The maximum atomic E-state index is 12.1. The normalized spacial score (nSPS) is 11.6. The van der Waals surface area contributed by atoms with E-state index in [1.54, 1.807) is 30.3 Å². The molecule has 0 radical (unpaired) electrons. The molecule has 112 valence electrons. The zero-order valence-electron chi connectivity index (χ0n) is 11.2. The molecule has 0 heterocycles. The molecule has 0 saturated carbocycles. The first-order chi connectivity index (χ1) is 10.6. The predicted octanol–water partition coefficient (Wildman–Crippen LogP) is 3.59. The van der Waals surface area contributed by atoms with Crippen molar-refractivity contribution in [3.63, 3.8) is 0 Å². The van der Waals surface area contributed by atoms with Crippen LogP contribution in [0.2, 0.25) is 10.0 Å². The van der Waals surface area contributed by atoms with Crippen molar-refractivity contribution < 1.29 is 10.0 Å². The fourth-order valence-corrected chi connectivity index (χ4v) is 2.05. The van der Waals surface area contributed by atoms with E-state index in [1.165, 1.54) is 12.1 Å². The molecule has 0 unspecified atom stereocenters. The van der Waals surface area contributed by atoms with Gasteiger partial charge in [-0.3, -0.25) is 4.79 Å². The van der Waals surface area contributed by atoms with Crippen LogP contribution in [0.5, 0.6) is 0 Å². The first kappa shape index (κ1) is 16.0. The molecule has 0 aliphatic rings. The van der Waals surface area contributed by atoms with Gasteiger partial charge in [0, 0.05) is 10.6 Å². The number of nitrogens with zero attached hydrogens (tertiary/aromatic N) is 2. The van der Waals surface area contributed by atoms with Gasteiger partial charge in [0.05, 0.1) is 16.8 Å². The summed E-state index contributed by atoms with van der Waals surface area (Å²) in [5.41, 5.74) is 3.52. The molecular formula is C15H11Cl2N3O2. The van der Waals surface area contributed by atoms with Gasteiger partial charge in [-0.15, -0.1) is 0 Å². The Kier molecular flexibility index (Phi) is 5.52. The molecule has 0 saturated heterocycles. The third kappa shape index (κ3) is 4.07. The van der Waals surface area contributed by atoms with Crippen LogP contribution in [-0.4, -0.2) is 23.0 Å². The molecule has 0 bridgehead atoms. The molecule has 0 atom stereocenters. The summed E-state index contributed by atoms with van der Waals surface area (Å²) in [6.07, 6.45) is 1.12. The van der Waals surface area contributed by atoms with Crippen LogP contribution in [0.15, 0.2) is 58.8 Å². The van der Waals surface area contributed by atoms with E-state index in [1.807, 2.05) is 6.07 Å². The number of halogens is 2. The molecular weight excluding hydrogens is 325 g/mol. The van der Waals surface area contributed by atoms with Crippen molar-refractivity contribution in [2.24, 2.45) is 10.3 Å². The predicted molar refractivity (Wildman–Crippen MR) is 87.2 cm³/mol. The van der Waals surface area contributed by atoms with Crippen molar-refractivity contribution in [2.75, 3.05) is 0 Å². The molecule has 0 aliphatic carbocycles. The average Bonchev–Trinajstić information content (AvgIpc) is 2.54. The number of amides is 1. The number of rotatable bonds is 4. The lowest BCUT2D eigenvalue weighted by Gasteiger charge is -2.05. The highest BCUT2D eigenvalue weighted by Gasteiger charge is 2.11. The van der Waals surface area contributed by atoms with Gasteiger partial charge < -0.3 is 5.21 Å². The van der Waals surface area contributed by atoms with E-state index in [0.29, 0.717) is 10.6 Å². The smallest absolute Gasteiger partial charge is 0.272 e. The summed E-state index contributed by atoms with van der Waals surface area (Å²) in [5, 5.41) is 16.2. The number of hydrogen-bond donors (Lipinski definition) is 2. The highest BCUT2D eigenvalue weighted by atomic mass is 35.5. The number of benzene rings is 2. The number of hydrogen-bond acceptors (Lipinski definition) is 4. The summed E-state index contributed by atoms with van der Waals surface area (Å²) in [5.74, 6) is -0.521. The SMILES string of the molecule is O=C(NN=C(C=NO)c1ccccc1)c1cc(Cl)ccc1Cl.